The van der Waals surface area contributed by atoms with Crippen molar-refractivity contribution in [3.8, 4) is 5.75 Å². The minimum atomic E-state index is -0.202. The topological polar surface area (TPSA) is 76.5 Å². The predicted molar refractivity (Wildman–Crippen MR) is 91.5 cm³/mol. The second-order valence-corrected chi connectivity index (χ2v) is 6.40. The average Bonchev–Trinajstić information content (AvgIpc) is 3.14. The van der Waals surface area contributed by atoms with Gasteiger partial charge in [0.15, 0.2) is 12.4 Å². The van der Waals surface area contributed by atoms with E-state index in [4.69, 9.17) is 4.74 Å². The maximum atomic E-state index is 13.2. The molecule has 7 nitrogen and oxygen atoms in total. The Labute approximate surface area is 145 Å². The van der Waals surface area contributed by atoms with Gasteiger partial charge in [-0.2, -0.15) is 5.10 Å². The van der Waals surface area contributed by atoms with Crippen molar-refractivity contribution < 1.29 is 14.3 Å². The number of fused-ring (bicyclic) bond motifs is 1. The molecule has 0 aliphatic carbocycles. The highest BCUT2D eigenvalue weighted by Gasteiger charge is 2.31. The fraction of sp³-hybridized carbons (Fsp3) is 0.389. The maximum absolute atomic E-state index is 13.2. The lowest BCUT2D eigenvalue weighted by molar-refractivity contribution is -0.118. The largest absolute Gasteiger partial charge is 0.481 e. The van der Waals surface area contributed by atoms with Gasteiger partial charge in [0.1, 0.15) is 0 Å². The molecule has 0 spiro atoms. The second kappa shape index (κ2) is 6.58. The van der Waals surface area contributed by atoms with Gasteiger partial charge in [-0.25, -0.2) is 0 Å². The number of carbonyl (C=O) groups excluding carboxylic acids is 2. The molecule has 2 amide bonds. The van der Waals surface area contributed by atoms with Crippen LogP contribution in [0.25, 0.3) is 0 Å². The number of aromatic nitrogens is 2. The minimum absolute atomic E-state index is 0.0511. The molecular weight excluding hydrogens is 320 g/mol. The fourth-order valence-corrected chi connectivity index (χ4v) is 3.52. The summed E-state index contributed by atoms with van der Waals surface area (Å²) in [6, 6.07) is 7.28. The Morgan fingerprint density at radius 1 is 1.32 bits per heavy atom. The Morgan fingerprint density at radius 2 is 2.24 bits per heavy atom. The summed E-state index contributed by atoms with van der Waals surface area (Å²) >= 11 is 0. The molecule has 0 saturated carbocycles. The number of para-hydroxylation sites is 1. The second-order valence-electron chi connectivity index (χ2n) is 6.40. The van der Waals surface area contributed by atoms with Gasteiger partial charge in [0.05, 0.1) is 23.8 Å². The van der Waals surface area contributed by atoms with Gasteiger partial charge < -0.3 is 15.0 Å². The van der Waals surface area contributed by atoms with Crippen molar-refractivity contribution >= 4 is 17.5 Å². The van der Waals surface area contributed by atoms with Gasteiger partial charge >= 0.3 is 0 Å². The van der Waals surface area contributed by atoms with Gasteiger partial charge in [0, 0.05) is 18.9 Å². The SMILES string of the molecule is O=C1COc2c(cccc2C(=O)N2CCCC[C@@H]2Cn2cccn2)N1. The molecule has 2 aliphatic rings. The molecule has 7 heteroatoms. The molecule has 0 bridgehead atoms. The highest BCUT2D eigenvalue weighted by atomic mass is 16.5. The molecule has 2 aliphatic heterocycles. The van der Waals surface area contributed by atoms with Gasteiger partial charge in [-0.3, -0.25) is 14.3 Å². The van der Waals surface area contributed by atoms with E-state index >= 15 is 0 Å². The molecule has 3 heterocycles. The standard InChI is InChI=1S/C18H20N4O3/c23-16-12-25-17-14(6-3-7-15(17)20-16)18(24)22-10-2-1-5-13(22)11-21-9-4-8-19-21/h3-4,6-9,13H,1-2,5,10-12H2,(H,20,23)/t13-/m1/s1. The summed E-state index contributed by atoms with van der Waals surface area (Å²) in [7, 11) is 0. The van der Waals surface area contributed by atoms with E-state index in [1.54, 1.807) is 24.4 Å². The molecule has 0 radical (unpaired) electrons. The van der Waals surface area contributed by atoms with Gasteiger partial charge in [-0.05, 0) is 37.5 Å². The lowest BCUT2D eigenvalue weighted by atomic mass is 10.00. The number of nitrogens with one attached hydrogen (secondary N) is 1. The van der Waals surface area contributed by atoms with E-state index in [2.05, 4.69) is 10.4 Å². The summed E-state index contributed by atoms with van der Waals surface area (Å²) in [6.45, 7) is 1.35. The van der Waals surface area contributed by atoms with E-state index < -0.39 is 0 Å². The maximum Gasteiger partial charge on any atom is 0.262 e. The number of rotatable bonds is 3. The predicted octanol–water partition coefficient (Wildman–Crippen LogP) is 1.91. The highest BCUT2D eigenvalue weighted by Crippen LogP contribution is 2.33. The molecular formula is C18H20N4O3. The van der Waals surface area contributed by atoms with Crippen LogP contribution in [-0.4, -0.2) is 45.7 Å². The normalized spacial score (nSPS) is 19.8. The summed E-state index contributed by atoms with van der Waals surface area (Å²) in [4.78, 5) is 26.6. The van der Waals surface area contributed by atoms with Gasteiger partial charge in [-0.15, -0.1) is 0 Å². The molecule has 4 rings (SSSR count). The third-order valence-electron chi connectivity index (χ3n) is 4.71. The number of amides is 2. The average molecular weight is 340 g/mol. The number of ether oxygens (including phenoxy) is 1. The molecule has 130 valence electrons. The lowest BCUT2D eigenvalue weighted by Crippen LogP contribution is -2.46. The number of benzene rings is 1. The van der Waals surface area contributed by atoms with Crippen LogP contribution in [0.5, 0.6) is 5.75 Å². The van der Waals surface area contributed by atoms with Crippen molar-refractivity contribution in [1.82, 2.24) is 14.7 Å². The van der Waals surface area contributed by atoms with Crippen LogP contribution in [-0.2, 0) is 11.3 Å². The number of carbonyl (C=O) groups is 2. The van der Waals surface area contributed by atoms with E-state index in [1.165, 1.54) is 0 Å². The van der Waals surface area contributed by atoms with Crippen LogP contribution in [0, 0.1) is 0 Å². The zero-order valence-electron chi connectivity index (χ0n) is 13.9. The van der Waals surface area contributed by atoms with Crippen LogP contribution in [0.15, 0.2) is 36.7 Å². The van der Waals surface area contributed by atoms with Crippen LogP contribution in [0.4, 0.5) is 5.69 Å². The Morgan fingerprint density at radius 3 is 3.08 bits per heavy atom. The van der Waals surface area contributed by atoms with Crippen LogP contribution in [0.3, 0.4) is 0 Å². The summed E-state index contributed by atoms with van der Waals surface area (Å²) in [5, 5.41) is 7.02. The van der Waals surface area contributed by atoms with Gasteiger partial charge in [0.25, 0.3) is 11.8 Å². The van der Waals surface area contributed by atoms with Crippen molar-refractivity contribution in [2.24, 2.45) is 0 Å². The Hall–Kier alpha value is -2.83. The zero-order chi connectivity index (χ0) is 17.2. The molecule has 1 N–H and O–H groups in total. The first-order chi connectivity index (χ1) is 12.2. The first kappa shape index (κ1) is 15.7. The van der Waals surface area contributed by atoms with E-state index in [9.17, 15) is 9.59 Å². The minimum Gasteiger partial charge on any atom is -0.481 e. The van der Waals surface area contributed by atoms with Crippen LogP contribution in [0.1, 0.15) is 29.6 Å². The smallest absolute Gasteiger partial charge is 0.262 e. The van der Waals surface area contributed by atoms with Crippen molar-refractivity contribution in [1.29, 1.82) is 0 Å². The number of hydrogen-bond acceptors (Lipinski definition) is 4. The zero-order valence-corrected chi connectivity index (χ0v) is 13.9. The number of piperidine rings is 1. The van der Waals surface area contributed by atoms with E-state index in [0.717, 1.165) is 25.8 Å². The quantitative estimate of drug-likeness (QED) is 0.926. The number of likely N-dealkylation sites (tertiary alicyclic amines) is 1. The van der Waals surface area contributed by atoms with Crippen LogP contribution >= 0.6 is 0 Å². The summed E-state index contributed by atoms with van der Waals surface area (Å²) < 4.78 is 7.41. The first-order valence-corrected chi connectivity index (χ1v) is 8.56. The highest BCUT2D eigenvalue weighted by molar-refractivity contribution is 6.03. The third-order valence-corrected chi connectivity index (χ3v) is 4.71. The Balaban J connectivity index is 1.60. The molecule has 1 aromatic carbocycles. The molecule has 25 heavy (non-hydrogen) atoms. The van der Waals surface area contributed by atoms with Crippen molar-refractivity contribution in [2.75, 3.05) is 18.5 Å². The Bertz CT molecular complexity index is 788. The van der Waals surface area contributed by atoms with Crippen molar-refractivity contribution in [2.45, 2.75) is 31.8 Å². The molecule has 1 saturated heterocycles. The van der Waals surface area contributed by atoms with Gasteiger partial charge in [-0.1, -0.05) is 6.07 Å². The third kappa shape index (κ3) is 3.09. The van der Waals surface area contributed by atoms with Crippen LogP contribution < -0.4 is 10.1 Å². The van der Waals surface area contributed by atoms with E-state index in [-0.39, 0.29) is 24.5 Å². The van der Waals surface area contributed by atoms with Crippen LogP contribution in [0.2, 0.25) is 0 Å². The molecule has 2 aromatic rings. The first-order valence-electron chi connectivity index (χ1n) is 8.56. The lowest BCUT2D eigenvalue weighted by Gasteiger charge is -2.36. The summed E-state index contributed by atoms with van der Waals surface area (Å²) in [5.74, 6) is 0.215. The fourth-order valence-electron chi connectivity index (χ4n) is 3.52. The number of anilines is 1. The number of hydrogen-bond donors (Lipinski definition) is 1. The molecule has 1 atom stereocenters. The number of nitrogens with zero attached hydrogens (tertiary/aromatic N) is 3. The molecule has 1 fully saturated rings. The molecule has 1 aromatic heterocycles. The monoisotopic (exact) mass is 340 g/mol. The van der Waals surface area contributed by atoms with Gasteiger partial charge in [0.2, 0.25) is 0 Å². The Kier molecular flexibility index (Phi) is 4.13. The summed E-state index contributed by atoms with van der Waals surface area (Å²) in [6.07, 6.45) is 6.72. The van der Waals surface area contributed by atoms with Crippen molar-refractivity contribution in [3.63, 3.8) is 0 Å². The van der Waals surface area contributed by atoms with E-state index in [0.29, 0.717) is 23.5 Å². The molecule has 0 unspecified atom stereocenters. The summed E-state index contributed by atoms with van der Waals surface area (Å²) in [5.41, 5.74) is 1.06. The van der Waals surface area contributed by atoms with E-state index in [1.807, 2.05) is 21.8 Å². The van der Waals surface area contributed by atoms with Crippen molar-refractivity contribution in [3.05, 3.63) is 42.2 Å².